The highest BCUT2D eigenvalue weighted by atomic mass is 16.5. The molecule has 4 aromatic rings. The largest absolute Gasteiger partial charge is 0.368 e. The lowest BCUT2D eigenvalue weighted by molar-refractivity contribution is -0.121. The molecule has 0 saturated carbocycles. The second-order valence-electron chi connectivity index (χ2n) is 8.42. The molecule has 3 N–H and O–H groups in total. The zero-order valence-corrected chi connectivity index (χ0v) is 19.6. The van der Waals surface area contributed by atoms with Gasteiger partial charge in [0.1, 0.15) is 6.54 Å². The van der Waals surface area contributed by atoms with Crippen molar-refractivity contribution in [2.75, 3.05) is 12.3 Å². The Labute approximate surface area is 196 Å². The lowest BCUT2D eigenvalue weighted by Crippen LogP contribution is -2.31. The van der Waals surface area contributed by atoms with Gasteiger partial charge in [0.2, 0.25) is 11.9 Å². The van der Waals surface area contributed by atoms with E-state index < -0.39 is 5.41 Å². The molecule has 0 bridgehead atoms. The minimum absolute atomic E-state index is 0.114. The van der Waals surface area contributed by atoms with Gasteiger partial charge < -0.3 is 15.6 Å². The molecule has 1 atom stereocenters. The summed E-state index contributed by atoms with van der Waals surface area (Å²) in [6.07, 6.45) is 8.41. The monoisotopic (exact) mass is 461 g/mol. The van der Waals surface area contributed by atoms with Gasteiger partial charge in [0.25, 0.3) is 5.89 Å². The second kappa shape index (κ2) is 9.38. The first-order chi connectivity index (χ1) is 16.3. The zero-order chi connectivity index (χ0) is 24.3. The summed E-state index contributed by atoms with van der Waals surface area (Å²) in [5.41, 5.74) is 8.13. The summed E-state index contributed by atoms with van der Waals surface area (Å²) in [5, 5.41) is 11.3. The van der Waals surface area contributed by atoms with E-state index in [4.69, 9.17) is 10.3 Å². The smallest absolute Gasteiger partial charge is 0.261 e. The van der Waals surface area contributed by atoms with Crippen LogP contribution < -0.4 is 11.1 Å². The van der Waals surface area contributed by atoms with E-state index in [2.05, 4.69) is 56.3 Å². The number of hydrogen-bond acceptors (Lipinski definition) is 9. The molecule has 0 saturated heterocycles. The van der Waals surface area contributed by atoms with E-state index in [1.807, 2.05) is 25.3 Å². The highest BCUT2D eigenvalue weighted by molar-refractivity contribution is 5.75. The van der Waals surface area contributed by atoms with Crippen LogP contribution in [0.5, 0.6) is 0 Å². The van der Waals surface area contributed by atoms with Crippen molar-refractivity contribution in [2.45, 2.75) is 39.7 Å². The second-order valence-corrected chi connectivity index (χ2v) is 8.42. The molecule has 34 heavy (non-hydrogen) atoms. The molecule has 1 amide bonds. The van der Waals surface area contributed by atoms with Crippen molar-refractivity contribution in [1.29, 1.82) is 0 Å². The topological polar surface area (TPSA) is 151 Å². The molecule has 0 unspecified atom stereocenters. The molecule has 11 heteroatoms. The molecule has 4 heterocycles. The first-order valence-corrected chi connectivity index (χ1v) is 11.0. The Morgan fingerprint density at radius 2 is 1.91 bits per heavy atom. The molecule has 0 spiro atoms. The maximum absolute atomic E-state index is 11.8. The molecule has 4 aromatic heterocycles. The number of aromatic nitrogens is 7. The molecule has 0 aliphatic heterocycles. The first-order valence-electron chi connectivity index (χ1n) is 11.0. The number of nitrogens with one attached hydrogen (secondary N) is 1. The normalized spacial score (nSPS) is 13.1. The number of nitrogens with two attached hydrogens (primary N) is 1. The predicted octanol–water partition coefficient (Wildman–Crippen LogP) is 2.47. The Hall–Kier alpha value is -4.15. The molecule has 11 nitrogen and oxygen atoms in total. The fourth-order valence-corrected chi connectivity index (χ4v) is 3.58. The van der Waals surface area contributed by atoms with Crippen LogP contribution in [0, 0.1) is 5.92 Å². The standard InChI is InChI=1S/C23H27N9O2/c1-5-25-19(33)13-32-12-16(10-29-32)20-30-21(31-34-20)23(4,14(2)3)17-6-7-18(26-11-17)15-8-27-22(24)28-9-15/h6-12,14H,5,13H2,1-4H3,(H,25,33)(H2,24,27,28)/t23-/m1/s1. The van der Waals surface area contributed by atoms with Gasteiger partial charge in [-0.25, -0.2) is 9.97 Å². The van der Waals surface area contributed by atoms with Crippen LogP contribution in [0.3, 0.4) is 0 Å². The number of likely N-dealkylation sites (N-methyl/N-ethyl adjacent to an activating group) is 1. The first kappa shape index (κ1) is 23.0. The highest BCUT2D eigenvalue weighted by Crippen LogP contribution is 2.38. The van der Waals surface area contributed by atoms with Crippen molar-refractivity contribution in [2.24, 2.45) is 5.92 Å². The van der Waals surface area contributed by atoms with Gasteiger partial charge in [0, 0.05) is 36.9 Å². The van der Waals surface area contributed by atoms with E-state index in [0.29, 0.717) is 23.8 Å². The number of hydrogen-bond donors (Lipinski definition) is 2. The Balaban J connectivity index is 1.60. The minimum atomic E-state index is -0.554. The van der Waals surface area contributed by atoms with Crippen molar-refractivity contribution in [3.63, 3.8) is 0 Å². The van der Waals surface area contributed by atoms with Gasteiger partial charge in [0.05, 0.1) is 22.9 Å². The van der Waals surface area contributed by atoms with Gasteiger partial charge in [-0.05, 0) is 31.4 Å². The van der Waals surface area contributed by atoms with Crippen LogP contribution in [0.25, 0.3) is 22.7 Å². The maximum atomic E-state index is 11.8. The third kappa shape index (κ3) is 4.49. The molecule has 0 aliphatic rings. The number of anilines is 1. The van der Waals surface area contributed by atoms with Gasteiger partial charge in [-0.3, -0.25) is 14.5 Å². The predicted molar refractivity (Wildman–Crippen MR) is 125 cm³/mol. The minimum Gasteiger partial charge on any atom is -0.368 e. The van der Waals surface area contributed by atoms with Crippen molar-refractivity contribution < 1.29 is 9.32 Å². The quantitative estimate of drug-likeness (QED) is 0.403. The molecular weight excluding hydrogens is 434 g/mol. The van der Waals surface area contributed by atoms with E-state index in [1.165, 1.54) is 4.68 Å². The number of nitrogens with zero attached hydrogens (tertiary/aromatic N) is 7. The van der Waals surface area contributed by atoms with Crippen molar-refractivity contribution in [1.82, 2.24) is 40.2 Å². The summed E-state index contributed by atoms with van der Waals surface area (Å²) in [5.74, 6) is 1.13. The van der Waals surface area contributed by atoms with Gasteiger partial charge in [-0.15, -0.1) is 0 Å². The summed E-state index contributed by atoms with van der Waals surface area (Å²) >= 11 is 0. The van der Waals surface area contributed by atoms with Crippen LogP contribution in [0.4, 0.5) is 5.95 Å². The summed E-state index contributed by atoms with van der Waals surface area (Å²) < 4.78 is 7.11. The number of carbonyl (C=O) groups excluding carboxylic acids is 1. The molecule has 176 valence electrons. The van der Waals surface area contributed by atoms with Crippen LogP contribution in [0.15, 0.2) is 47.6 Å². The van der Waals surface area contributed by atoms with E-state index >= 15 is 0 Å². The Kier molecular flexibility index (Phi) is 6.35. The average molecular weight is 462 g/mol. The third-order valence-corrected chi connectivity index (χ3v) is 5.94. The van der Waals surface area contributed by atoms with Crippen LogP contribution in [-0.2, 0) is 16.8 Å². The fraction of sp³-hybridized carbons (Fsp3) is 0.348. The average Bonchev–Trinajstić information content (AvgIpc) is 3.49. The molecule has 0 radical (unpaired) electrons. The molecular formula is C23H27N9O2. The zero-order valence-electron chi connectivity index (χ0n) is 19.6. The number of amides is 1. The van der Waals surface area contributed by atoms with Crippen LogP contribution >= 0.6 is 0 Å². The van der Waals surface area contributed by atoms with E-state index in [1.54, 1.807) is 24.8 Å². The lowest BCUT2D eigenvalue weighted by Gasteiger charge is -2.30. The van der Waals surface area contributed by atoms with Crippen molar-refractivity contribution >= 4 is 11.9 Å². The lowest BCUT2D eigenvalue weighted by atomic mass is 9.73. The molecule has 0 fully saturated rings. The van der Waals surface area contributed by atoms with Crippen LogP contribution in [0.2, 0.25) is 0 Å². The molecule has 0 aromatic carbocycles. The van der Waals surface area contributed by atoms with E-state index in [9.17, 15) is 4.79 Å². The Morgan fingerprint density at radius 3 is 2.56 bits per heavy atom. The number of rotatable bonds is 8. The highest BCUT2D eigenvalue weighted by Gasteiger charge is 2.38. The third-order valence-electron chi connectivity index (χ3n) is 5.94. The number of carbonyl (C=O) groups is 1. The van der Waals surface area contributed by atoms with Gasteiger partial charge in [0.15, 0.2) is 5.82 Å². The van der Waals surface area contributed by atoms with Crippen LogP contribution in [-0.4, -0.2) is 47.3 Å². The van der Waals surface area contributed by atoms with Crippen LogP contribution in [0.1, 0.15) is 39.1 Å². The van der Waals surface area contributed by atoms with Gasteiger partial charge in [-0.2, -0.15) is 10.1 Å². The Morgan fingerprint density at radius 1 is 1.15 bits per heavy atom. The SMILES string of the molecule is CCNC(=O)Cn1cc(-c2nc([C@@](C)(c3ccc(-c4cnc(N)nc4)nc3)C(C)C)no2)cn1. The van der Waals surface area contributed by atoms with E-state index in [-0.39, 0.29) is 24.3 Å². The molecule has 0 aliphatic carbocycles. The maximum Gasteiger partial charge on any atom is 0.261 e. The van der Waals surface area contributed by atoms with Crippen molar-refractivity contribution in [3.8, 4) is 22.7 Å². The number of nitrogen functional groups attached to an aromatic ring is 1. The fourth-order valence-electron chi connectivity index (χ4n) is 3.58. The van der Waals surface area contributed by atoms with Crippen molar-refractivity contribution in [3.05, 3.63) is 54.5 Å². The summed E-state index contributed by atoms with van der Waals surface area (Å²) in [6.45, 7) is 8.82. The van der Waals surface area contributed by atoms with Gasteiger partial charge >= 0.3 is 0 Å². The molecule has 4 rings (SSSR count). The van der Waals surface area contributed by atoms with E-state index in [0.717, 1.165) is 16.8 Å². The van der Waals surface area contributed by atoms with Gasteiger partial charge in [-0.1, -0.05) is 25.1 Å². The number of pyridine rings is 1. The summed E-state index contributed by atoms with van der Waals surface area (Å²) in [4.78, 5) is 29.1. The summed E-state index contributed by atoms with van der Waals surface area (Å²) in [7, 11) is 0. The summed E-state index contributed by atoms with van der Waals surface area (Å²) in [6, 6.07) is 3.91. The Bertz CT molecular complexity index is 1260.